The Morgan fingerprint density at radius 1 is 1.46 bits per heavy atom. The summed E-state index contributed by atoms with van der Waals surface area (Å²) >= 11 is 1.52. The second-order valence-corrected chi connectivity index (χ2v) is 6.04. The lowest BCUT2D eigenvalue weighted by molar-refractivity contribution is -0.132. The summed E-state index contributed by atoms with van der Waals surface area (Å²) in [6.45, 7) is 0.0956. The molecule has 0 unspecified atom stereocenters. The van der Waals surface area contributed by atoms with Crippen molar-refractivity contribution in [1.29, 1.82) is 0 Å². The number of nitrogens with zero attached hydrogens (tertiary/aromatic N) is 3. The van der Waals surface area contributed by atoms with Gasteiger partial charge in [0.2, 0.25) is 11.8 Å². The lowest BCUT2D eigenvalue weighted by atomic mass is 10.1. The van der Waals surface area contributed by atoms with Crippen LogP contribution in [0.2, 0.25) is 0 Å². The summed E-state index contributed by atoms with van der Waals surface area (Å²) < 4.78 is 5.39. The molecule has 126 valence electrons. The van der Waals surface area contributed by atoms with E-state index in [1.54, 1.807) is 0 Å². The SMILES string of the molecule is O=C(NCc1coc(-c2cccs2)n1)C1=NN(CCO)C(=O)CC1. The molecule has 0 aromatic carbocycles. The fourth-order valence-electron chi connectivity index (χ4n) is 2.21. The maximum absolute atomic E-state index is 12.2. The lowest BCUT2D eigenvalue weighted by Gasteiger charge is -2.22. The van der Waals surface area contributed by atoms with Crippen molar-refractivity contribution in [1.82, 2.24) is 15.3 Å². The van der Waals surface area contributed by atoms with Crippen LogP contribution >= 0.6 is 11.3 Å². The van der Waals surface area contributed by atoms with Gasteiger partial charge in [-0.3, -0.25) is 9.59 Å². The molecule has 0 saturated heterocycles. The van der Waals surface area contributed by atoms with Gasteiger partial charge in [-0.15, -0.1) is 11.3 Å². The molecule has 0 aliphatic carbocycles. The first-order chi connectivity index (χ1) is 11.7. The van der Waals surface area contributed by atoms with Crippen molar-refractivity contribution in [3.05, 3.63) is 29.5 Å². The fourth-order valence-corrected chi connectivity index (χ4v) is 2.86. The van der Waals surface area contributed by atoms with Crippen molar-refractivity contribution in [2.75, 3.05) is 13.2 Å². The van der Waals surface area contributed by atoms with E-state index in [-0.39, 0.29) is 50.1 Å². The van der Waals surface area contributed by atoms with Crippen LogP contribution in [-0.4, -0.2) is 45.8 Å². The summed E-state index contributed by atoms with van der Waals surface area (Å²) in [5, 5.41) is 18.7. The number of oxazole rings is 1. The lowest BCUT2D eigenvalue weighted by Crippen LogP contribution is -2.39. The van der Waals surface area contributed by atoms with Crippen molar-refractivity contribution in [3.63, 3.8) is 0 Å². The van der Waals surface area contributed by atoms with Gasteiger partial charge in [0.1, 0.15) is 12.0 Å². The maximum Gasteiger partial charge on any atom is 0.267 e. The van der Waals surface area contributed by atoms with E-state index in [1.807, 2.05) is 17.5 Å². The van der Waals surface area contributed by atoms with Crippen LogP contribution in [0.5, 0.6) is 0 Å². The van der Waals surface area contributed by atoms with Gasteiger partial charge >= 0.3 is 0 Å². The molecule has 0 bridgehead atoms. The highest BCUT2D eigenvalue weighted by Gasteiger charge is 2.24. The van der Waals surface area contributed by atoms with Gasteiger partial charge in [-0.05, 0) is 11.4 Å². The summed E-state index contributed by atoms with van der Waals surface area (Å²) in [7, 11) is 0. The van der Waals surface area contributed by atoms with Gasteiger partial charge in [0, 0.05) is 12.8 Å². The number of hydrazone groups is 1. The highest BCUT2D eigenvalue weighted by atomic mass is 32.1. The van der Waals surface area contributed by atoms with E-state index in [1.165, 1.54) is 17.6 Å². The molecule has 0 saturated carbocycles. The molecular weight excluding hydrogens is 332 g/mol. The van der Waals surface area contributed by atoms with E-state index in [0.29, 0.717) is 11.6 Å². The Morgan fingerprint density at radius 2 is 2.33 bits per heavy atom. The van der Waals surface area contributed by atoms with E-state index < -0.39 is 0 Å². The Balaban J connectivity index is 1.59. The fraction of sp³-hybridized carbons (Fsp3) is 0.333. The quantitative estimate of drug-likeness (QED) is 0.809. The number of carbonyl (C=O) groups is 2. The van der Waals surface area contributed by atoms with Crippen LogP contribution in [0, 0.1) is 0 Å². The molecule has 1 aliphatic heterocycles. The number of aliphatic hydroxyl groups excluding tert-OH is 1. The third-order valence-corrected chi connectivity index (χ3v) is 4.25. The Morgan fingerprint density at radius 3 is 3.08 bits per heavy atom. The number of hydrogen-bond acceptors (Lipinski definition) is 7. The Kier molecular flexibility index (Phi) is 5.02. The third kappa shape index (κ3) is 3.69. The van der Waals surface area contributed by atoms with Crippen molar-refractivity contribution in [2.45, 2.75) is 19.4 Å². The minimum Gasteiger partial charge on any atom is -0.443 e. The van der Waals surface area contributed by atoms with Gasteiger partial charge in [0.05, 0.1) is 30.3 Å². The topological polar surface area (TPSA) is 108 Å². The molecule has 2 aromatic heterocycles. The largest absolute Gasteiger partial charge is 0.443 e. The predicted octanol–water partition coefficient (Wildman–Crippen LogP) is 0.990. The number of carbonyl (C=O) groups excluding carboxylic acids is 2. The number of β-amino-alcohol motifs (C(OH)–C–C–N with tert-alkyl or cyclic N) is 1. The minimum atomic E-state index is -0.355. The first-order valence-corrected chi connectivity index (χ1v) is 8.30. The molecule has 1 aliphatic rings. The zero-order valence-electron chi connectivity index (χ0n) is 12.8. The Labute approximate surface area is 141 Å². The van der Waals surface area contributed by atoms with E-state index in [4.69, 9.17) is 9.52 Å². The van der Waals surface area contributed by atoms with Crippen LogP contribution in [0.4, 0.5) is 0 Å². The summed E-state index contributed by atoms with van der Waals surface area (Å²) in [6, 6.07) is 3.81. The summed E-state index contributed by atoms with van der Waals surface area (Å²) in [5.41, 5.74) is 0.872. The molecule has 3 heterocycles. The second kappa shape index (κ2) is 7.37. The molecule has 2 aromatic rings. The average Bonchev–Trinajstić information content (AvgIpc) is 3.26. The number of aromatic nitrogens is 1. The molecule has 8 nitrogen and oxygen atoms in total. The van der Waals surface area contributed by atoms with Gasteiger partial charge in [0.15, 0.2) is 0 Å². The van der Waals surface area contributed by atoms with E-state index in [9.17, 15) is 9.59 Å². The first-order valence-electron chi connectivity index (χ1n) is 7.42. The second-order valence-electron chi connectivity index (χ2n) is 5.09. The van der Waals surface area contributed by atoms with Crippen molar-refractivity contribution in [3.8, 4) is 10.8 Å². The monoisotopic (exact) mass is 348 g/mol. The van der Waals surface area contributed by atoms with E-state index in [2.05, 4.69) is 15.4 Å². The number of rotatable bonds is 6. The van der Waals surface area contributed by atoms with Crippen LogP contribution in [0.25, 0.3) is 10.8 Å². The third-order valence-electron chi connectivity index (χ3n) is 3.39. The molecule has 3 rings (SSSR count). The standard InChI is InChI=1S/C15H16N4O4S/c20-6-5-19-13(21)4-3-11(18-19)14(22)16-8-10-9-23-15(17-10)12-2-1-7-24-12/h1-2,7,9,20H,3-6,8H2,(H,16,22). The average molecular weight is 348 g/mol. The highest BCUT2D eigenvalue weighted by molar-refractivity contribution is 7.13. The van der Waals surface area contributed by atoms with Crippen molar-refractivity contribution >= 4 is 28.9 Å². The zero-order chi connectivity index (χ0) is 16.9. The summed E-state index contributed by atoms with van der Waals surface area (Å²) in [4.78, 5) is 29.0. The smallest absolute Gasteiger partial charge is 0.267 e. The first kappa shape index (κ1) is 16.3. The molecule has 2 N–H and O–H groups in total. The predicted molar refractivity (Wildman–Crippen MR) is 87.1 cm³/mol. The van der Waals surface area contributed by atoms with Crippen LogP contribution in [0.15, 0.2) is 33.3 Å². The molecule has 0 spiro atoms. The number of nitrogens with one attached hydrogen (secondary N) is 1. The Bertz CT molecular complexity index is 753. The van der Waals surface area contributed by atoms with Crippen LogP contribution in [0.1, 0.15) is 18.5 Å². The van der Waals surface area contributed by atoms with Gasteiger partial charge in [0.25, 0.3) is 5.91 Å². The molecule has 0 fully saturated rings. The van der Waals surface area contributed by atoms with Crippen molar-refractivity contribution < 1.29 is 19.1 Å². The maximum atomic E-state index is 12.2. The van der Waals surface area contributed by atoms with Gasteiger partial charge in [-0.25, -0.2) is 9.99 Å². The van der Waals surface area contributed by atoms with Crippen LogP contribution in [-0.2, 0) is 16.1 Å². The minimum absolute atomic E-state index is 0.0864. The molecule has 24 heavy (non-hydrogen) atoms. The Hall–Kier alpha value is -2.52. The van der Waals surface area contributed by atoms with Gasteiger partial charge < -0.3 is 14.8 Å². The number of thiophene rings is 1. The number of hydrogen-bond donors (Lipinski definition) is 2. The highest BCUT2D eigenvalue weighted by Crippen LogP contribution is 2.23. The van der Waals surface area contributed by atoms with Gasteiger partial charge in [-0.2, -0.15) is 5.10 Å². The van der Waals surface area contributed by atoms with Gasteiger partial charge in [-0.1, -0.05) is 6.07 Å². The van der Waals surface area contributed by atoms with E-state index >= 15 is 0 Å². The molecule has 0 radical (unpaired) electrons. The molecular formula is C15H16N4O4S. The molecule has 0 atom stereocenters. The number of aliphatic hydroxyl groups is 1. The van der Waals surface area contributed by atoms with E-state index in [0.717, 1.165) is 9.89 Å². The van der Waals surface area contributed by atoms with Crippen molar-refractivity contribution in [2.24, 2.45) is 5.10 Å². The summed E-state index contributed by atoms with van der Waals surface area (Å²) in [5.74, 6) is -0.0345. The molecule has 2 amide bonds. The molecule has 9 heteroatoms. The summed E-state index contributed by atoms with van der Waals surface area (Å²) in [6.07, 6.45) is 1.99. The normalized spacial score (nSPS) is 14.6. The number of amides is 2. The zero-order valence-corrected chi connectivity index (χ0v) is 13.6. The van der Waals surface area contributed by atoms with Crippen LogP contribution in [0.3, 0.4) is 0 Å². The van der Waals surface area contributed by atoms with Crippen LogP contribution < -0.4 is 5.32 Å².